The monoisotopic (exact) mass is 423 g/mol. The van der Waals surface area contributed by atoms with Gasteiger partial charge in [-0.1, -0.05) is 18.2 Å². The van der Waals surface area contributed by atoms with E-state index in [1.165, 1.54) is 21.6 Å². The van der Waals surface area contributed by atoms with E-state index >= 15 is 0 Å². The molecule has 1 aliphatic carbocycles. The minimum atomic E-state index is -0.197. The third-order valence-electron chi connectivity index (χ3n) is 6.79. The normalized spacial score (nSPS) is 22.3. The van der Waals surface area contributed by atoms with Gasteiger partial charge < -0.3 is 14.4 Å². The number of nitrogens with zero attached hydrogens (tertiary/aromatic N) is 1. The Hall–Kier alpha value is -2.14. The molecule has 1 amide bonds. The maximum absolute atomic E-state index is 12.3. The molecule has 3 aliphatic rings. The van der Waals surface area contributed by atoms with Gasteiger partial charge in [-0.25, -0.2) is 4.79 Å². The first-order valence-electron chi connectivity index (χ1n) is 10.9. The van der Waals surface area contributed by atoms with Crippen LogP contribution in [0.1, 0.15) is 38.2 Å². The Morgan fingerprint density at radius 1 is 1.10 bits per heavy atom. The summed E-state index contributed by atoms with van der Waals surface area (Å²) >= 11 is 1.76. The lowest BCUT2D eigenvalue weighted by molar-refractivity contribution is 0.0379. The molecule has 0 N–H and O–H groups in total. The van der Waals surface area contributed by atoms with Crippen LogP contribution in [0.2, 0.25) is 0 Å². The summed E-state index contributed by atoms with van der Waals surface area (Å²) < 4.78 is 11.9. The number of piperidine rings is 1. The second-order valence-electron chi connectivity index (χ2n) is 9.05. The number of hydrogen-bond acceptors (Lipinski definition) is 4. The van der Waals surface area contributed by atoms with Crippen molar-refractivity contribution in [2.45, 2.75) is 55.6 Å². The van der Waals surface area contributed by atoms with Crippen LogP contribution in [0.5, 0.6) is 5.75 Å². The van der Waals surface area contributed by atoms with Gasteiger partial charge in [0.15, 0.2) is 0 Å². The topological polar surface area (TPSA) is 38.8 Å². The molecule has 1 saturated heterocycles. The number of benzene rings is 2. The summed E-state index contributed by atoms with van der Waals surface area (Å²) in [5.41, 5.74) is 3.60. The van der Waals surface area contributed by atoms with Crippen molar-refractivity contribution in [2.75, 3.05) is 19.3 Å². The summed E-state index contributed by atoms with van der Waals surface area (Å²) in [6.07, 6.45) is 7.08. The molecule has 2 fully saturated rings. The predicted octanol–water partition coefficient (Wildman–Crippen LogP) is 5.78. The summed E-state index contributed by atoms with van der Waals surface area (Å²) in [6, 6.07) is 15.3. The molecule has 5 rings (SSSR count). The van der Waals surface area contributed by atoms with E-state index in [1.54, 1.807) is 11.8 Å². The van der Waals surface area contributed by atoms with Crippen molar-refractivity contribution >= 4 is 17.9 Å². The Kier molecular flexibility index (Phi) is 5.18. The molecule has 2 aromatic carbocycles. The average Bonchev–Trinajstić information content (AvgIpc) is 3.34. The van der Waals surface area contributed by atoms with Crippen LogP contribution in [0, 0.1) is 5.92 Å². The second-order valence-corrected chi connectivity index (χ2v) is 9.93. The number of likely N-dealkylation sites (tertiary alicyclic amines) is 1. The third kappa shape index (κ3) is 4.04. The van der Waals surface area contributed by atoms with Gasteiger partial charge in [0.1, 0.15) is 17.5 Å². The molecule has 2 heterocycles. The van der Waals surface area contributed by atoms with E-state index in [1.807, 2.05) is 11.8 Å². The van der Waals surface area contributed by atoms with Gasteiger partial charge in [-0.2, -0.15) is 0 Å². The highest BCUT2D eigenvalue weighted by Crippen LogP contribution is 2.40. The van der Waals surface area contributed by atoms with Gasteiger partial charge >= 0.3 is 6.09 Å². The summed E-state index contributed by atoms with van der Waals surface area (Å²) in [7, 11) is 0. The molecule has 0 spiro atoms. The van der Waals surface area contributed by atoms with E-state index in [9.17, 15) is 4.79 Å². The van der Waals surface area contributed by atoms with Crippen molar-refractivity contribution in [3.05, 3.63) is 48.0 Å². The number of ether oxygens (including phenoxy) is 2. The fourth-order valence-electron chi connectivity index (χ4n) is 4.51. The van der Waals surface area contributed by atoms with Gasteiger partial charge in [-0.15, -0.1) is 11.8 Å². The molecule has 2 aliphatic heterocycles. The molecule has 2 aromatic rings. The summed E-state index contributed by atoms with van der Waals surface area (Å²) in [4.78, 5) is 15.5. The Balaban J connectivity index is 1.19. The highest BCUT2D eigenvalue weighted by Gasteiger charge is 2.43. The number of thioether (sulfide) groups is 1. The zero-order chi connectivity index (χ0) is 20.7. The quantitative estimate of drug-likeness (QED) is 0.584. The van der Waals surface area contributed by atoms with Gasteiger partial charge in [-0.05, 0) is 85.7 Å². The average molecular weight is 424 g/mol. The molecule has 158 valence electrons. The van der Waals surface area contributed by atoms with E-state index in [0.29, 0.717) is 5.92 Å². The SMILES string of the molecule is CSc1ccc(-c2ccc3c(c2)CC(C2CCN(C(=O)OC4(C)CC4)CC2)O3)cc1. The molecule has 0 bridgehead atoms. The Morgan fingerprint density at radius 3 is 2.47 bits per heavy atom. The van der Waals surface area contributed by atoms with Crippen LogP contribution in [0.4, 0.5) is 4.79 Å². The predicted molar refractivity (Wildman–Crippen MR) is 120 cm³/mol. The minimum Gasteiger partial charge on any atom is -0.490 e. The van der Waals surface area contributed by atoms with E-state index in [4.69, 9.17) is 9.47 Å². The van der Waals surface area contributed by atoms with Crippen LogP contribution in [-0.2, 0) is 11.2 Å². The number of carbonyl (C=O) groups is 1. The molecular weight excluding hydrogens is 394 g/mol. The molecule has 1 unspecified atom stereocenters. The fourth-order valence-corrected chi connectivity index (χ4v) is 4.92. The zero-order valence-corrected chi connectivity index (χ0v) is 18.5. The van der Waals surface area contributed by atoms with Crippen molar-refractivity contribution in [1.82, 2.24) is 4.90 Å². The van der Waals surface area contributed by atoms with Crippen molar-refractivity contribution < 1.29 is 14.3 Å². The van der Waals surface area contributed by atoms with E-state index in [2.05, 4.69) is 48.7 Å². The first-order chi connectivity index (χ1) is 14.5. The van der Waals surface area contributed by atoms with E-state index < -0.39 is 0 Å². The number of hydrogen-bond donors (Lipinski definition) is 0. The Morgan fingerprint density at radius 2 is 1.80 bits per heavy atom. The molecular formula is C25H29NO3S. The second kappa shape index (κ2) is 7.84. The van der Waals surface area contributed by atoms with Gasteiger partial charge in [0, 0.05) is 24.4 Å². The van der Waals surface area contributed by atoms with Gasteiger partial charge in [-0.3, -0.25) is 0 Å². The maximum atomic E-state index is 12.3. The van der Waals surface area contributed by atoms with Crippen LogP contribution in [0.3, 0.4) is 0 Å². The highest BCUT2D eigenvalue weighted by molar-refractivity contribution is 7.98. The van der Waals surface area contributed by atoms with E-state index in [0.717, 1.165) is 50.9 Å². The van der Waals surface area contributed by atoms with Gasteiger partial charge in [0.05, 0.1) is 0 Å². The number of carbonyl (C=O) groups excluding carboxylic acids is 1. The van der Waals surface area contributed by atoms with Crippen molar-refractivity contribution in [3.8, 4) is 16.9 Å². The Labute approximate surface area is 182 Å². The van der Waals surface area contributed by atoms with Crippen molar-refractivity contribution in [3.63, 3.8) is 0 Å². The molecule has 0 aromatic heterocycles. The molecule has 0 radical (unpaired) electrons. The molecule has 30 heavy (non-hydrogen) atoms. The third-order valence-corrected chi connectivity index (χ3v) is 7.54. The standard InChI is InChI=1S/C25H29NO3S/c1-25(11-12-25)29-24(27)26-13-9-18(10-14-26)23-16-20-15-19(5-8-22(20)28-23)17-3-6-21(30-2)7-4-17/h3-8,15,18,23H,9-14,16H2,1-2H3. The highest BCUT2D eigenvalue weighted by atomic mass is 32.2. The van der Waals surface area contributed by atoms with E-state index in [-0.39, 0.29) is 17.8 Å². The maximum Gasteiger partial charge on any atom is 0.410 e. The number of fused-ring (bicyclic) bond motifs is 1. The minimum absolute atomic E-state index is 0.138. The Bertz CT molecular complexity index is 930. The smallest absolute Gasteiger partial charge is 0.410 e. The molecule has 4 nitrogen and oxygen atoms in total. The summed E-state index contributed by atoms with van der Waals surface area (Å²) in [6.45, 7) is 3.55. The fraction of sp³-hybridized carbons (Fsp3) is 0.480. The van der Waals surface area contributed by atoms with Crippen LogP contribution in [0.25, 0.3) is 11.1 Å². The molecule has 5 heteroatoms. The van der Waals surface area contributed by atoms with Gasteiger partial charge in [0.25, 0.3) is 0 Å². The van der Waals surface area contributed by atoms with Crippen LogP contribution in [-0.4, -0.2) is 42.0 Å². The molecule has 1 atom stereocenters. The van der Waals surface area contributed by atoms with Crippen LogP contribution < -0.4 is 4.74 Å². The summed E-state index contributed by atoms with van der Waals surface area (Å²) in [5, 5.41) is 0. The molecule has 1 saturated carbocycles. The first-order valence-corrected chi connectivity index (χ1v) is 12.2. The van der Waals surface area contributed by atoms with Gasteiger partial charge in [0.2, 0.25) is 0 Å². The summed E-state index contributed by atoms with van der Waals surface area (Å²) in [5.74, 6) is 1.51. The number of rotatable bonds is 4. The lowest BCUT2D eigenvalue weighted by atomic mass is 9.89. The lowest BCUT2D eigenvalue weighted by Crippen LogP contribution is -2.43. The zero-order valence-electron chi connectivity index (χ0n) is 17.7. The number of amides is 1. The largest absolute Gasteiger partial charge is 0.490 e. The van der Waals surface area contributed by atoms with Crippen molar-refractivity contribution in [2.24, 2.45) is 5.92 Å². The van der Waals surface area contributed by atoms with Crippen LogP contribution in [0.15, 0.2) is 47.4 Å². The van der Waals surface area contributed by atoms with Crippen molar-refractivity contribution in [1.29, 1.82) is 0 Å². The van der Waals surface area contributed by atoms with Crippen LogP contribution >= 0.6 is 11.8 Å². The first kappa shape index (κ1) is 19.8. The lowest BCUT2D eigenvalue weighted by Gasteiger charge is -2.34.